The number of rotatable bonds is 5. The standard InChI is InChI=1S/C25H18B2N2O/c26-19-9-7-18(8-10-19)15-16-28-24-5-1-4-23-22(24)3-2-6-25(23)29-17-30-21-13-11-20(27)12-14-21/h1-14,28-29H,17H2. The molecule has 0 saturated heterocycles. The molecule has 30 heavy (non-hydrogen) atoms. The van der Waals surface area contributed by atoms with Crippen LogP contribution in [0.4, 0.5) is 11.4 Å². The summed E-state index contributed by atoms with van der Waals surface area (Å²) < 4.78 is 5.75. The van der Waals surface area contributed by atoms with Gasteiger partial charge in [-0.2, -0.15) is 0 Å². The van der Waals surface area contributed by atoms with E-state index in [1.165, 1.54) is 0 Å². The smallest absolute Gasteiger partial charge is 0.159 e. The van der Waals surface area contributed by atoms with Crippen molar-refractivity contribution < 1.29 is 4.74 Å². The molecule has 140 valence electrons. The molecule has 0 aromatic heterocycles. The highest BCUT2D eigenvalue weighted by molar-refractivity contribution is 6.32. The topological polar surface area (TPSA) is 33.3 Å². The highest BCUT2D eigenvalue weighted by atomic mass is 16.5. The Hall–Kier alpha value is -3.77. The van der Waals surface area contributed by atoms with Crippen molar-refractivity contribution in [3.05, 3.63) is 90.5 Å². The fourth-order valence-electron chi connectivity index (χ4n) is 3.07. The Labute approximate surface area is 179 Å². The van der Waals surface area contributed by atoms with Gasteiger partial charge in [-0.15, -0.1) is 0 Å². The molecule has 0 amide bonds. The van der Waals surface area contributed by atoms with E-state index in [0.717, 1.165) is 38.9 Å². The Kier molecular flexibility index (Phi) is 5.96. The first-order valence-corrected chi connectivity index (χ1v) is 9.55. The molecule has 0 atom stereocenters. The molecule has 4 aromatic rings. The van der Waals surface area contributed by atoms with Crippen LogP contribution in [-0.2, 0) is 0 Å². The zero-order valence-corrected chi connectivity index (χ0v) is 16.4. The highest BCUT2D eigenvalue weighted by Gasteiger charge is 2.04. The first kappa shape index (κ1) is 19.5. The summed E-state index contributed by atoms with van der Waals surface area (Å²) in [6.07, 6.45) is 0. The lowest BCUT2D eigenvalue weighted by Gasteiger charge is -2.13. The molecule has 5 heteroatoms. The third-order valence-corrected chi connectivity index (χ3v) is 4.62. The second-order valence-corrected chi connectivity index (χ2v) is 6.74. The fourth-order valence-corrected chi connectivity index (χ4v) is 3.07. The molecule has 0 spiro atoms. The normalized spacial score (nSPS) is 10.1. The van der Waals surface area contributed by atoms with Crippen molar-refractivity contribution in [2.75, 3.05) is 17.4 Å². The third-order valence-electron chi connectivity index (χ3n) is 4.62. The molecule has 0 heterocycles. The molecule has 0 aliphatic rings. The Morgan fingerprint density at radius 2 is 1.30 bits per heavy atom. The Morgan fingerprint density at radius 3 is 2.00 bits per heavy atom. The van der Waals surface area contributed by atoms with Crippen LogP contribution in [0.15, 0.2) is 84.9 Å². The lowest BCUT2D eigenvalue weighted by atomic mass is 9.95. The van der Waals surface area contributed by atoms with Crippen molar-refractivity contribution >= 4 is 48.8 Å². The van der Waals surface area contributed by atoms with Crippen LogP contribution in [0.3, 0.4) is 0 Å². The number of hydrogen-bond donors (Lipinski definition) is 2. The quantitative estimate of drug-likeness (QED) is 0.240. The minimum atomic E-state index is 0.345. The molecule has 3 nitrogen and oxygen atoms in total. The van der Waals surface area contributed by atoms with Crippen molar-refractivity contribution in [2.24, 2.45) is 0 Å². The van der Waals surface area contributed by atoms with E-state index in [1.807, 2.05) is 72.8 Å². The maximum atomic E-state index is 5.75. The molecule has 2 N–H and O–H groups in total. The van der Waals surface area contributed by atoms with Gasteiger partial charge in [-0.25, -0.2) is 0 Å². The number of nitrogens with one attached hydrogen (secondary N) is 2. The summed E-state index contributed by atoms with van der Waals surface area (Å²) in [4.78, 5) is 0. The molecule has 0 saturated carbocycles. The van der Waals surface area contributed by atoms with Crippen LogP contribution in [0.2, 0.25) is 0 Å². The second-order valence-electron chi connectivity index (χ2n) is 6.74. The van der Waals surface area contributed by atoms with Gasteiger partial charge in [0.1, 0.15) is 21.4 Å². The van der Waals surface area contributed by atoms with Gasteiger partial charge in [0, 0.05) is 28.1 Å². The average molecular weight is 384 g/mol. The van der Waals surface area contributed by atoms with Crippen molar-refractivity contribution in [3.8, 4) is 17.7 Å². The summed E-state index contributed by atoms with van der Waals surface area (Å²) in [5.74, 6) is 3.86. The molecule has 0 aliphatic carbocycles. The van der Waals surface area contributed by atoms with Gasteiger partial charge in [-0.3, -0.25) is 0 Å². The summed E-state index contributed by atoms with van der Waals surface area (Å²) in [6, 6.07) is 30.0. The van der Waals surface area contributed by atoms with E-state index in [-0.39, 0.29) is 0 Å². The second kappa shape index (κ2) is 9.15. The summed E-state index contributed by atoms with van der Waals surface area (Å²) in [6.45, 7) is 0.345. The van der Waals surface area contributed by atoms with Gasteiger partial charge in [-0.1, -0.05) is 59.5 Å². The molecule has 4 radical (unpaired) electrons. The highest BCUT2D eigenvalue weighted by Crippen LogP contribution is 2.29. The van der Waals surface area contributed by atoms with Crippen molar-refractivity contribution in [2.45, 2.75) is 0 Å². The molecule has 4 aromatic carbocycles. The van der Waals surface area contributed by atoms with E-state index >= 15 is 0 Å². The van der Waals surface area contributed by atoms with E-state index in [9.17, 15) is 0 Å². The summed E-state index contributed by atoms with van der Waals surface area (Å²) in [7, 11) is 11.4. The zero-order chi connectivity index (χ0) is 20.8. The van der Waals surface area contributed by atoms with Gasteiger partial charge in [0.15, 0.2) is 6.73 Å². The molecule has 0 bridgehead atoms. The monoisotopic (exact) mass is 384 g/mol. The van der Waals surface area contributed by atoms with E-state index in [0.29, 0.717) is 12.2 Å². The van der Waals surface area contributed by atoms with Crippen molar-refractivity contribution in [1.82, 2.24) is 0 Å². The number of anilines is 2. The molecule has 0 aliphatic heterocycles. The maximum absolute atomic E-state index is 5.75. The van der Waals surface area contributed by atoms with Crippen LogP contribution in [0.5, 0.6) is 5.75 Å². The van der Waals surface area contributed by atoms with Crippen LogP contribution in [0, 0.1) is 12.0 Å². The average Bonchev–Trinajstić information content (AvgIpc) is 2.77. The molecule has 0 fully saturated rings. The molecule has 4 rings (SSSR count). The predicted molar refractivity (Wildman–Crippen MR) is 127 cm³/mol. The van der Waals surface area contributed by atoms with Crippen LogP contribution in [0.1, 0.15) is 5.56 Å². The van der Waals surface area contributed by atoms with E-state index in [1.54, 1.807) is 0 Å². The van der Waals surface area contributed by atoms with Gasteiger partial charge in [-0.05, 0) is 42.3 Å². The minimum Gasteiger partial charge on any atom is -0.473 e. The van der Waals surface area contributed by atoms with E-state index < -0.39 is 0 Å². The maximum Gasteiger partial charge on any atom is 0.159 e. The molecular weight excluding hydrogens is 366 g/mol. The first-order chi connectivity index (χ1) is 14.7. The Balaban J connectivity index is 1.48. The van der Waals surface area contributed by atoms with Crippen molar-refractivity contribution in [1.29, 1.82) is 0 Å². The predicted octanol–water partition coefficient (Wildman–Crippen LogP) is 3.30. The number of benzene rings is 4. The van der Waals surface area contributed by atoms with Crippen LogP contribution < -0.4 is 26.3 Å². The van der Waals surface area contributed by atoms with Gasteiger partial charge < -0.3 is 15.4 Å². The largest absolute Gasteiger partial charge is 0.473 e. The van der Waals surface area contributed by atoms with Crippen LogP contribution >= 0.6 is 0 Å². The number of ether oxygens (including phenoxy) is 1. The fraction of sp³-hybridized carbons (Fsp3) is 0.0400. The van der Waals surface area contributed by atoms with Gasteiger partial charge >= 0.3 is 0 Å². The summed E-state index contributed by atoms with van der Waals surface area (Å²) in [5.41, 5.74) is 4.27. The molecule has 0 unspecified atom stereocenters. The Bertz CT molecular complexity index is 1210. The Morgan fingerprint density at radius 1 is 0.700 bits per heavy atom. The van der Waals surface area contributed by atoms with Crippen LogP contribution in [-0.4, -0.2) is 22.4 Å². The zero-order valence-electron chi connectivity index (χ0n) is 16.4. The lowest BCUT2D eigenvalue weighted by molar-refractivity contribution is 0.347. The number of hydrogen-bond acceptors (Lipinski definition) is 3. The molecular formula is C25H18B2N2O. The SMILES string of the molecule is [B]c1ccc(C#CNc2cccc3c(NCOc4ccc([B])cc4)cccc23)cc1. The van der Waals surface area contributed by atoms with Gasteiger partial charge in [0.25, 0.3) is 0 Å². The first-order valence-electron chi connectivity index (χ1n) is 9.55. The van der Waals surface area contributed by atoms with Crippen molar-refractivity contribution in [3.63, 3.8) is 0 Å². The summed E-state index contributed by atoms with van der Waals surface area (Å²) in [5, 5.41) is 8.69. The van der Waals surface area contributed by atoms with Gasteiger partial charge in [0.05, 0.1) is 5.69 Å². The van der Waals surface area contributed by atoms with Crippen LogP contribution in [0.25, 0.3) is 10.8 Å². The van der Waals surface area contributed by atoms with Gasteiger partial charge in [0.2, 0.25) is 0 Å². The third kappa shape index (κ3) is 4.79. The minimum absolute atomic E-state index is 0.345. The lowest BCUT2D eigenvalue weighted by Crippen LogP contribution is -2.10. The van der Waals surface area contributed by atoms with E-state index in [4.69, 9.17) is 20.4 Å². The van der Waals surface area contributed by atoms with E-state index in [2.05, 4.69) is 34.7 Å². The number of fused-ring (bicyclic) bond motifs is 1. The summed E-state index contributed by atoms with van der Waals surface area (Å²) >= 11 is 0.